The van der Waals surface area contributed by atoms with E-state index in [4.69, 9.17) is 5.11 Å². The van der Waals surface area contributed by atoms with Crippen LogP contribution in [0.15, 0.2) is 59.9 Å². The zero-order valence-corrected chi connectivity index (χ0v) is 14.5. The number of aliphatic hydroxyl groups is 1. The quantitative estimate of drug-likeness (QED) is 0.429. The summed E-state index contributed by atoms with van der Waals surface area (Å²) in [5.41, 5.74) is 1.50. The summed E-state index contributed by atoms with van der Waals surface area (Å²) in [5.74, 6) is 0.288. The summed E-state index contributed by atoms with van der Waals surface area (Å²) in [5, 5.41) is 8.90. The van der Waals surface area contributed by atoms with Crippen LogP contribution in [0.25, 0.3) is 0 Å². The third kappa shape index (κ3) is 21.8. The van der Waals surface area contributed by atoms with Gasteiger partial charge in [0.2, 0.25) is 0 Å². The van der Waals surface area contributed by atoms with Crippen molar-refractivity contribution < 1.29 is 5.11 Å². The van der Waals surface area contributed by atoms with Gasteiger partial charge in [-0.05, 0) is 45.8 Å². The van der Waals surface area contributed by atoms with E-state index in [0.29, 0.717) is 0 Å². The fourth-order valence-corrected chi connectivity index (χ4v) is 1.14. The SMILES string of the molecule is CC.CC.CC1=CC=CCC1.C\C=C/C=C(O)\C=C/C. The fourth-order valence-electron chi connectivity index (χ4n) is 1.14. The van der Waals surface area contributed by atoms with Crippen molar-refractivity contribution in [3.63, 3.8) is 0 Å². The van der Waals surface area contributed by atoms with Gasteiger partial charge in [-0.2, -0.15) is 0 Å². The van der Waals surface area contributed by atoms with Crippen LogP contribution in [-0.4, -0.2) is 5.11 Å². The van der Waals surface area contributed by atoms with Crippen molar-refractivity contribution in [1.29, 1.82) is 0 Å². The minimum Gasteiger partial charge on any atom is -0.508 e. The Balaban J connectivity index is -0.000000234. The van der Waals surface area contributed by atoms with Gasteiger partial charge in [0.05, 0.1) is 0 Å². The van der Waals surface area contributed by atoms with Gasteiger partial charge in [-0.25, -0.2) is 0 Å². The molecule has 1 heteroatoms. The third-order valence-electron chi connectivity index (χ3n) is 2.02. The summed E-state index contributed by atoms with van der Waals surface area (Å²) in [7, 11) is 0. The van der Waals surface area contributed by atoms with Crippen LogP contribution in [0.4, 0.5) is 0 Å². The first-order chi connectivity index (χ1) is 9.70. The van der Waals surface area contributed by atoms with E-state index in [1.807, 2.05) is 47.6 Å². The first-order valence-electron chi connectivity index (χ1n) is 7.67. The second-order valence-corrected chi connectivity index (χ2v) is 3.60. The van der Waals surface area contributed by atoms with Gasteiger partial charge >= 0.3 is 0 Å². The summed E-state index contributed by atoms with van der Waals surface area (Å²) in [4.78, 5) is 0. The van der Waals surface area contributed by atoms with Crippen molar-refractivity contribution in [2.45, 2.75) is 61.3 Å². The smallest absolute Gasteiger partial charge is 0.115 e. The maximum absolute atomic E-state index is 8.90. The average Bonchev–Trinajstić information content (AvgIpc) is 2.51. The summed E-state index contributed by atoms with van der Waals surface area (Å²) >= 11 is 0. The highest BCUT2D eigenvalue weighted by Gasteiger charge is 1.88. The molecule has 0 unspecified atom stereocenters. The molecule has 0 aromatic carbocycles. The minimum absolute atomic E-state index is 0.288. The van der Waals surface area contributed by atoms with Crippen LogP contribution in [0.1, 0.15) is 61.3 Å². The standard InChI is InChI=1S/C8H12O.C7H10.2C2H6/c1-3-5-7-8(9)6-4-2;1-7-5-3-2-4-6-7;2*1-2/h3-7,9H,1-2H3;2-3,5H,4,6H2,1H3;2*1-2H3/b5-3-,6-4-,8-7+;;;. The molecule has 1 rings (SSSR count). The van der Waals surface area contributed by atoms with Gasteiger partial charge in [0.1, 0.15) is 5.76 Å². The molecule has 0 atom stereocenters. The summed E-state index contributed by atoms with van der Waals surface area (Å²) in [6, 6.07) is 0. The molecular weight excluding hydrogens is 244 g/mol. The molecule has 0 saturated carbocycles. The van der Waals surface area contributed by atoms with Crippen LogP contribution in [-0.2, 0) is 0 Å². The molecule has 0 saturated heterocycles. The monoisotopic (exact) mass is 278 g/mol. The number of aliphatic hydroxyl groups excluding tert-OH is 1. The molecule has 0 aliphatic heterocycles. The molecule has 0 spiro atoms. The van der Waals surface area contributed by atoms with Crippen molar-refractivity contribution in [3.8, 4) is 0 Å². The molecule has 1 nitrogen and oxygen atoms in total. The number of hydrogen-bond donors (Lipinski definition) is 1. The van der Waals surface area contributed by atoms with Crippen molar-refractivity contribution in [2.24, 2.45) is 0 Å². The van der Waals surface area contributed by atoms with E-state index in [1.54, 1.807) is 24.3 Å². The Morgan fingerprint density at radius 3 is 2.00 bits per heavy atom. The van der Waals surface area contributed by atoms with E-state index < -0.39 is 0 Å². The largest absolute Gasteiger partial charge is 0.508 e. The van der Waals surface area contributed by atoms with Crippen molar-refractivity contribution in [3.05, 3.63) is 59.9 Å². The molecule has 0 fully saturated rings. The predicted molar refractivity (Wildman–Crippen MR) is 95.2 cm³/mol. The molecule has 0 aromatic rings. The molecule has 0 bridgehead atoms. The van der Waals surface area contributed by atoms with Crippen molar-refractivity contribution in [2.75, 3.05) is 0 Å². The van der Waals surface area contributed by atoms with E-state index in [2.05, 4.69) is 25.2 Å². The number of hydrogen-bond acceptors (Lipinski definition) is 1. The Morgan fingerprint density at radius 2 is 1.70 bits per heavy atom. The van der Waals surface area contributed by atoms with Gasteiger partial charge in [-0.1, -0.05) is 69.7 Å². The van der Waals surface area contributed by atoms with Gasteiger partial charge in [-0.3, -0.25) is 0 Å². The van der Waals surface area contributed by atoms with Gasteiger partial charge < -0.3 is 5.11 Å². The normalized spacial score (nSPS) is 13.6. The second-order valence-electron chi connectivity index (χ2n) is 3.60. The van der Waals surface area contributed by atoms with Crippen LogP contribution >= 0.6 is 0 Å². The lowest BCUT2D eigenvalue weighted by molar-refractivity contribution is 0.432. The van der Waals surface area contributed by atoms with E-state index >= 15 is 0 Å². The van der Waals surface area contributed by atoms with Gasteiger partial charge in [0, 0.05) is 0 Å². The molecule has 0 aromatic heterocycles. The lowest BCUT2D eigenvalue weighted by Crippen LogP contribution is -1.78. The molecule has 0 radical (unpaired) electrons. The molecule has 0 heterocycles. The highest BCUT2D eigenvalue weighted by molar-refractivity contribution is 5.16. The Bertz CT molecular complexity index is 315. The Morgan fingerprint density at radius 1 is 1.10 bits per heavy atom. The molecule has 20 heavy (non-hydrogen) atoms. The van der Waals surface area contributed by atoms with E-state index in [0.717, 1.165) is 0 Å². The van der Waals surface area contributed by atoms with Gasteiger partial charge in [-0.15, -0.1) is 0 Å². The fraction of sp³-hybridized carbons (Fsp3) is 0.474. The van der Waals surface area contributed by atoms with Crippen molar-refractivity contribution >= 4 is 0 Å². The molecule has 1 aliphatic rings. The molecule has 1 aliphatic carbocycles. The topological polar surface area (TPSA) is 20.2 Å². The number of rotatable bonds is 2. The minimum atomic E-state index is 0.288. The maximum Gasteiger partial charge on any atom is 0.115 e. The third-order valence-corrected chi connectivity index (χ3v) is 2.02. The molecule has 0 amide bonds. The van der Waals surface area contributed by atoms with E-state index in [9.17, 15) is 0 Å². The van der Waals surface area contributed by atoms with Crippen molar-refractivity contribution in [1.82, 2.24) is 0 Å². The first-order valence-corrected chi connectivity index (χ1v) is 7.67. The lowest BCUT2D eigenvalue weighted by atomic mass is 10.1. The maximum atomic E-state index is 8.90. The van der Waals surface area contributed by atoms with Crippen LogP contribution < -0.4 is 0 Å². The van der Waals surface area contributed by atoms with Crippen LogP contribution in [0, 0.1) is 0 Å². The summed E-state index contributed by atoms with van der Waals surface area (Å²) in [6.45, 7) is 13.9. The van der Waals surface area contributed by atoms with E-state index in [-0.39, 0.29) is 5.76 Å². The predicted octanol–water partition coefficient (Wildman–Crippen LogP) is 6.92. The van der Waals surface area contributed by atoms with Crippen LogP contribution in [0.2, 0.25) is 0 Å². The molecule has 1 N–H and O–H groups in total. The average molecular weight is 278 g/mol. The van der Waals surface area contributed by atoms with Crippen LogP contribution in [0.3, 0.4) is 0 Å². The number of allylic oxidation sites excluding steroid dienone is 9. The summed E-state index contributed by atoms with van der Waals surface area (Å²) in [6.07, 6.45) is 17.7. The zero-order chi connectivity index (χ0) is 16.2. The Labute approximate surface area is 127 Å². The molecule has 116 valence electrons. The highest BCUT2D eigenvalue weighted by Crippen LogP contribution is 2.08. The summed E-state index contributed by atoms with van der Waals surface area (Å²) < 4.78 is 0. The van der Waals surface area contributed by atoms with Crippen LogP contribution in [0.5, 0.6) is 0 Å². The van der Waals surface area contributed by atoms with E-state index in [1.165, 1.54) is 18.4 Å². The zero-order valence-electron chi connectivity index (χ0n) is 14.5. The van der Waals surface area contributed by atoms with Gasteiger partial charge in [0.15, 0.2) is 0 Å². The molecular formula is C19H34O. The van der Waals surface area contributed by atoms with Gasteiger partial charge in [0.25, 0.3) is 0 Å². The highest BCUT2D eigenvalue weighted by atomic mass is 16.3. The lowest BCUT2D eigenvalue weighted by Gasteiger charge is -1.98. The second kappa shape index (κ2) is 22.7. The Kier molecular flexibility index (Phi) is 26.7. The Hall–Kier alpha value is -1.50. The first kappa shape index (κ1) is 23.6.